The van der Waals surface area contributed by atoms with Crippen molar-refractivity contribution in [3.05, 3.63) is 65.2 Å². The van der Waals surface area contributed by atoms with Crippen LogP contribution in [0.1, 0.15) is 50.8 Å². The van der Waals surface area contributed by atoms with Gasteiger partial charge in [0.05, 0.1) is 0 Å². The summed E-state index contributed by atoms with van der Waals surface area (Å²) in [4.78, 5) is 12.4. The van der Waals surface area contributed by atoms with Gasteiger partial charge in [-0.2, -0.15) is 11.8 Å². The van der Waals surface area contributed by atoms with Crippen molar-refractivity contribution in [1.29, 1.82) is 0 Å². The van der Waals surface area contributed by atoms with E-state index in [0.29, 0.717) is 13.0 Å². The Morgan fingerprint density at radius 1 is 1.14 bits per heavy atom. The molecule has 4 heteroatoms. The van der Waals surface area contributed by atoms with E-state index in [1.54, 1.807) is 0 Å². The van der Waals surface area contributed by atoms with E-state index in [9.17, 15) is 4.79 Å². The van der Waals surface area contributed by atoms with Gasteiger partial charge in [-0.1, -0.05) is 69.7 Å². The van der Waals surface area contributed by atoms with E-state index < -0.39 is 6.10 Å². The molecular weight excluding hydrogens is 366 g/mol. The number of hydrogen-bond acceptors (Lipinski definition) is 3. The van der Waals surface area contributed by atoms with Gasteiger partial charge in [0.15, 0.2) is 6.10 Å². The molecule has 0 fully saturated rings. The number of thioether (sulfide) groups is 1. The highest BCUT2D eigenvalue weighted by Gasteiger charge is 2.19. The van der Waals surface area contributed by atoms with Crippen molar-refractivity contribution in [2.45, 2.75) is 58.3 Å². The number of benzene rings is 2. The second kappa shape index (κ2) is 10.6. The number of amides is 1. The molecule has 1 amide bonds. The zero-order chi connectivity index (χ0) is 20.6. The van der Waals surface area contributed by atoms with Crippen LogP contribution in [0.15, 0.2) is 48.5 Å². The summed E-state index contributed by atoms with van der Waals surface area (Å²) in [5, 5.41) is 3.00. The third kappa shape index (κ3) is 7.23. The number of ether oxygens (including phenoxy) is 1. The van der Waals surface area contributed by atoms with Gasteiger partial charge in [-0.15, -0.1) is 0 Å². The molecule has 2 aromatic rings. The minimum atomic E-state index is -0.456. The molecule has 0 heterocycles. The molecule has 0 aromatic heterocycles. The maximum absolute atomic E-state index is 12.4. The minimum absolute atomic E-state index is 0.0430. The summed E-state index contributed by atoms with van der Waals surface area (Å²) < 4.78 is 5.91. The molecule has 3 nitrogen and oxygen atoms in total. The smallest absolute Gasteiger partial charge is 0.261 e. The highest BCUT2D eigenvalue weighted by molar-refractivity contribution is 7.98. The molecule has 0 aliphatic carbocycles. The summed E-state index contributed by atoms with van der Waals surface area (Å²) in [6.07, 6.45) is 0.186. The molecule has 0 aliphatic heterocycles. The third-order valence-corrected chi connectivity index (χ3v) is 5.59. The topological polar surface area (TPSA) is 38.3 Å². The second-order valence-electron chi connectivity index (χ2n) is 8.12. The average molecular weight is 400 g/mol. The van der Waals surface area contributed by atoms with E-state index >= 15 is 0 Å². The van der Waals surface area contributed by atoms with E-state index in [-0.39, 0.29) is 11.3 Å². The van der Waals surface area contributed by atoms with Crippen LogP contribution in [0.25, 0.3) is 0 Å². The van der Waals surface area contributed by atoms with Gasteiger partial charge in [-0.25, -0.2) is 0 Å². The Morgan fingerprint density at radius 2 is 1.86 bits per heavy atom. The SMILES string of the molecule is CC[C@@H](Oc1ccc(C(C)(C)C)cc1)C(=O)NCCSCc1cccc(C)c1. The maximum atomic E-state index is 12.4. The van der Waals surface area contributed by atoms with E-state index in [1.807, 2.05) is 30.8 Å². The van der Waals surface area contributed by atoms with Crippen LogP contribution >= 0.6 is 11.8 Å². The van der Waals surface area contributed by atoms with Crippen molar-refractivity contribution in [3.8, 4) is 5.75 Å². The fourth-order valence-electron chi connectivity index (χ4n) is 2.87. The Labute approximate surface area is 174 Å². The fraction of sp³-hybridized carbons (Fsp3) is 0.458. The molecule has 2 aromatic carbocycles. The molecule has 152 valence electrons. The molecule has 0 bridgehead atoms. The maximum Gasteiger partial charge on any atom is 0.261 e. The molecule has 0 radical (unpaired) electrons. The summed E-state index contributed by atoms with van der Waals surface area (Å²) in [6.45, 7) is 11.3. The first-order chi connectivity index (χ1) is 13.3. The van der Waals surface area contributed by atoms with Crippen LogP contribution in [0.2, 0.25) is 0 Å². The predicted molar refractivity (Wildman–Crippen MR) is 120 cm³/mol. The van der Waals surface area contributed by atoms with Crippen LogP contribution in [0.4, 0.5) is 0 Å². The lowest BCUT2D eigenvalue weighted by molar-refractivity contribution is -0.127. The Balaban J connectivity index is 1.75. The lowest BCUT2D eigenvalue weighted by Crippen LogP contribution is -2.39. The van der Waals surface area contributed by atoms with Gasteiger partial charge in [0.1, 0.15) is 5.75 Å². The van der Waals surface area contributed by atoms with Crippen molar-refractivity contribution in [2.24, 2.45) is 0 Å². The number of carbonyl (C=O) groups excluding carboxylic acids is 1. The summed E-state index contributed by atoms with van der Waals surface area (Å²) in [7, 11) is 0. The Kier molecular flexibility index (Phi) is 8.43. The number of carbonyl (C=O) groups is 1. The molecule has 0 spiro atoms. The van der Waals surface area contributed by atoms with E-state index in [4.69, 9.17) is 4.74 Å². The molecule has 0 saturated heterocycles. The molecule has 1 atom stereocenters. The van der Waals surface area contributed by atoms with Crippen LogP contribution in [0.3, 0.4) is 0 Å². The highest BCUT2D eigenvalue weighted by atomic mass is 32.2. The Morgan fingerprint density at radius 3 is 2.46 bits per heavy atom. The number of aryl methyl sites for hydroxylation is 1. The normalized spacial score (nSPS) is 12.5. The fourth-order valence-corrected chi connectivity index (χ4v) is 3.68. The first-order valence-electron chi connectivity index (χ1n) is 9.98. The molecule has 0 saturated carbocycles. The minimum Gasteiger partial charge on any atom is -0.481 e. The van der Waals surface area contributed by atoms with Gasteiger partial charge >= 0.3 is 0 Å². The molecule has 1 N–H and O–H groups in total. The average Bonchev–Trinajstić information content (AvgIpc) is 2.65. The second-order valence-corrected chi connectivity index (χ2v) is 9.23. The van der Waals surface area contributed by atoms with Crippen LogP contribution in [0, 0.1) is 6.92 Å². The van der Waals surface area contributed by atoms with Crippen molar-refractivity contribution in [2.75, 3.05) is 12.3 Å². The summed E-state index contributed by atoms with van der Waals surface area (Å²) >= 11 is 1.83. The largest absolute Gasteiger partial charge is 0.481 e. The van der Waals surface area contributed by atoms with Crippen molar-refractivity contribution < 1.29 is 9.53 Å². The summed E-state index contributed by atoms with van der Waals surface area (Å²) in [5.41, 5.74) is 3.97. The Hall–Kier alpha value is -1.94. The molecule has 28 heavy (non-hydrogen) atoms. The number of rotatable bonds is 9. The van der Waals surface area contributed by atoms with E-state index in [1.165, 1.54) is 16.7 Å². The zero-order valence-electron chi connectivity index (χ0n) is 17.7. The molecule has 0 unspecified atom stereocenters. The van der Waals surface area contributed by atoms with Gasteiger partial charge in [0.2, 0.25) is 0 Å². The van der Waals surface area contributed by atoms with Crippen molar-refractivity contribution >= 4 is 17.7 Å². The molecular formula is C24H33NO2S. The first-order valence-corrected chi connectivity index (χ1v) is 11.1. The van der Waals surface area contributed by atoms with E-state index in [0.717, 1.165) is 17.3 Å². The lowest BCUT2D eigenvalue weighted by atomic mass is 9.87. The third-order valence-electron chi connectivity index (χ3n) is 4.56. The first kappa shape index (κ1) is 22.4. The van der Waals surface area contributed by atoms with Gasteiger partial charge in [0, 0.05) is 18.1 Å². The predicted octanol–water partition coefficient (Wildman–Crippen LogP) is 5.50. The van der Waals surface area contributed by atoms with Crippen molar-refractivity contribution in [3.63, 3.8) is 0 Å². The quantitative estimate of drug-likeness (QED) is 0.566. The standard InChI is InChI=1S/C24H33NO2S/c1-6-22(27-21-12-10-20(11-13-21)24(3,4)5)23(26)25-14-15-28-17-19-9-7-8-18(2)16-19/h7-13,16,22H,6,14-15,17H2,1-5H3,(H,25,26)/t22-/m1/s1. The highest BCUT2D eigenvalue weighted by Crippen LogP contribution is 2.25. The van der Waals surface area contributed by atoms with E-state index in [2.05, 4.69) is 69.4 Å². The summed E-state index contributed by atoms with van der Waals surface area (Å²) in [6, 6.07) is 16.6. The van der Waals surface area contributed by atoms with Crippen LogP contribution in [-0.4, -0.2) is 24.3 Å². The molecule has 2 rings (SSSR count). The summed E-state index contributed by atoms with van der Waals surface area (Å²) in [5.74, 6) is 2.55. The van der Waals surface area contributed by atoms with Crippen LogP contribution in [0.5, 0.6) is 5.75 Å². The van der Waals surface area contributed by atoms with Crippen LogP contribution in [-0.2, 0) is 16.0 Å². The van der Waals surface area contributed by atoms with Gasteiger partial charge in [-0.05, 0) is 42.0 Å². The van der Waals surface area contributed by atoms with Gasteiger partial charge in [0.25, 0.3) is 5.91 Å². The monoisotopic (exact) mass is 399 g/mol. The molecule has 0 aliphatic rings. The van der Waals surface area contributed by atoms with Crippen molar-refractivity contribution in [1.82, 2.24) is 5.32 Å². The lowest BCUT2D eigenvalue weighted by Gasteiger charge is -2.21. The number of hydrogen-bond donors (Lipinski definition) is 1. The van der Waals surface area contributed by atoms with Crippen LogP contribution < -0.4 is 10.1 Å². The zero-order valence-corrected chi connectivity index (χ0v) is 18.6. The Bertz CT molecular complexity index is 750. The van der Waals surface area contributed by atoms with Gasteiger partial charge in [-0.3, -0.25) is 4.79 Å². The number of nitrogens with one attached hydrogen (secondary N) is 1. The van der Waals surface area contributed by atoms with Gasteiger partial charge < -0.3 is 10.1 Å².